The zero-order valence-corrected chi connectivity index (χ0v) is 42.7. The molecule has 0 N–H and O–H groups in total. The maximum atomic E-state index is 2.70. The number of nitrogens with zero attached hydrogens (tertiary/aromatic N) is 2. The van der Waals surface area contributed by atoms with Crippen molar-refractivity contribution in [3.05, 3.63) is 148 Å². The molecule has 0 saturated carbocycles. The molecule has 65 heavy (non-hydrogen) atoms. The molecule has 0 unspecified atom stereocenters. The summed E-state index contributed by atoms with van der Waals surface area (Å²) in [7, 11) is 0. The zero-order chi connectivity index (χ0) is 46.3. The smallest absolute Gasteiger partial charge is 0.264 e. The second-order valence-corrected chi connectivity index (χ2v) is 24.9. The summed E-state index contributed by atoms with van der Waals surface area (Å²) in [5.41, 5.74) is 23.0. The lowest BCUT2D eigenvalue weighted by atomic mass is 9.35. The van der Waals surface area contributed by atoms with Crippen molar-refractivity contribution in [3.8, 4) is 11.1 Å². The molecule has 0 bridgehead atoms. The van der Waals surface area contributed by atoms with Crippen LogP contribution < -0.4 is 25.5 Å². The molecule has 2 aliphatic heterocycles. The van der Waals surface area contributed by atoms with Crippen LogP contribution in [0.15, 0.2) is 109 Å². The molecule has 0 spiro atoms. The molecule has 10 rings (SSSR count). The molecule has 332 valence electrons. The van der Waals surface area contributed by atoms with Crippen LogP contribution in [-0.2, 0) is 21.7 Å². The van der Waals surface area contributed by atoms with Gasteiger partial charge in [-0.3, -0.25) is 0 Å². The molecule has 1 aromatic heterocycles. The van der Waals surface area contributed by atoms with Gasteiger partial charge in [-0.2, -0.15) is 0 Å². The van der Waals surface area contributed by atoms with Crippen molar-refractivity contribution in [1.29, 1.82) is 0 Å². The molecular formula is C61H69BN2S. The Morgan fingerprint density at radius 3 is 1.75 bits per heavy atom. The number of fused-ring (bicyclic) bond motifs is 7. The molecule has 1 aliphatic carbocycles. The van der Waals surface area contributed by atoms with E-state index in [2.05, 4.69) is 223 Å². The van der Waals surface area contributed by atoms with Crippen LogP contribution in [0.2, 0.25) is 0 Å². The Bertz CT molecular complexity index is 3010. The van der Waals surface area contributed by atoms with E-state index in [1.165, 1.54) is 123 Å². The lowest BCUT2D eigenvalue weighted by Gasteiger charge is -2.47. The molecule has 0 saturated heterocycles. The van der Waals surface area contributed by atoms with Gasteiger partial charge in [-0.15, -0.1) is 11.3 Å². The molecule has 2 nitrogen and oxygen atoms in total. The van der Waals surface area contributed by atoms with Crippen LogP contribution in [0.4, 0.5) is 34.1 Å². The number of thiophene rings is 1. The Hall–Kier alpha value is -5.06. The highest BCUT2D eigenvalue weighted by Crippen LogP contribution is 2.53. The van der Waals surface area contributed by atoms with Crippen LogP contribution in [-0.4, -0.2) is 6.71 Å². The SMILES string of the molecule is Cc1cc2c3c(c1)N(c1cc(C(C)C)cc(C(C)C)c1)c1c(sc4ccc(C(C)(C)C)cc14)B3c1cc3c(cc1N2c1ccc(C(C)(C)C)cc1-c1ccccc1)C(C)(C)CCC3(C)C. The van der Waals surface area contributed by atoms with E-state index in [1.807, 2.05) is 11.3 Å². The van der Waals surface area contributed by atoms with Gasteiger partial charge in [0.05, 0.1) is 11.4 Å². The minimum Gasteiger partial charge on any atom is -0.311 e. The zero-order valence-electron chi connectivity index (χ0n) is 41.8. The molecule has 3 aliphatic rings. The van der Waals surface area contributed by atoms with Gasteiger partial charge in [-0.1, -0.05) is 152 Å². The van der Waals surface area contributed by atoms with Crippen molar-refractivity contribution in [2.45, 2.75) is 150 Å². The average molecular weight is 873 g/mol. The van der Waals surface area contributed by atoms with Crippen molar-refractivity contribution in [2.75, 3.05) is 9.80 Å². The molecule has 7 aromatic rings. The topological polar surface area (TPSA) is 6.48 Å². The number of rotatable bonds is 5. The van der Waals surface area contributed by atoms with Gasteiger partial charge in [-0.25, -0.2) is 0 Å². The number of anilines is 6. The summed E-state index contributed by atoms with van der Waals surface area (Å²) in [4.78, 5) is 5.40. The number of benzene rings is 6. The van der Waals surface area contributed by atoms with Crippen molar-refractivity contribution < 1.29 is 0 Å². The third kappa shape index (κ3) is 7.11. The second-order valence-electron chi connectivity index (χ2n) is 23.8. The summed E-state index contributed by atoms with van der Waals surface area (Å²) < 4.78 is 2.81. The first-order chi connectivity index (χ1) is 30.5. The highest BCUT2D eigenvalue weighted by Gasteiger charge is 2.48. The van der Waals surface area contributed by atoms with E-state index in [4.69, 9.17) is 0 Å². The number of aryl methyl sites for hydroxylation is 1. The predicted octanol–water partition coefficient (Wildman–Crippen LogP) is 16.2. The minimum absolute atomic E-state index is 0.00552. The van der Waals surface area contributed by atoms with Crippen molar-refractivity contribution >= 4 is 78.0 Å². The lowest BCUT2D eigenvalue weighted by molar-refractivity contribution is 0.332. The van der Waals surface area contributed by atoms with Gasteiger partial charge in [-0.05, 0) is 163 Å². The Balaban J connectivity index is 1.38. The fraction of sp³-hybridized carbons (Fsp3) is 0.377. The van der Waals surface area contributed by atoms with Crippen molar-refractivity contribution in [2.24, 2.45) is 0 Å². The third-order valence-electron chi connectivity index (χ3n) is 15.4. The lowest BCUT2D eigenvalue weighted by Crippen LogP contribution is -2.61. The molecule has 3 heterocycles. The predicted molar refractivity (Wildman–Crippen MR) is 287 cm³/mol. The maximum absolute atomic E-state index is 2.70. The van der Waals surface area contributed by atoms with E-state index in [0.717, 1.165) is 0 Å². The fourth-order valence-electron chi connectivity index (χ4n) is 11.2. The van der Waals surface area contributed by atoms with E-state index < -0.39 is 0 Å². The summed E-state index contributed by atoms with van der Waals surface area (Å²) in [6.45, 7) is 35.8. The van der Waals surface area contributed by atoms with E-state index in [0.29, 0.717) is 11.8 Å². The van der Waals surface area contributed by atoms with Crippen LogP contribution in [0.1, 0.15) is 161 Å². The molecule has 0 fully saturated rings. The second kappa shape index (κ2) is 15.0. The number of hydrogen-bond donors (Lipinski definition) is 0. The third-order valence-corrected chi connectivity index (χ3v) is 16.6. The molecule has 0 atom stereocenters. The van der Waals surface area contributed by atoms with E-state index >= 15 is 0 Å². The van der Waals surface area contributed by atoms with E-state index in [-0.39, 0.29) is 28.4 Å². The van der Waals surface area contributed by atoms with Gasteiger partial charge < -0.3 is 9.80 Å². The monoisotopic (exact) mass is 873 g/mol. The van der Waals surface area contributed by atoms with Gasteiger partial charge in [0.25, 0.3) is 6.71 Å². The molecule has 0 amide bonds. The van der Waals surface area contributed by atoms with Gasteiger partial charge in [0.2, 0.25) is 0 Å². The average Bonchev–Trinajstić information content (AvgIpc) is 3.62. The standard InChI is InChI=1S/C61H69BN2S/c1-36(2)40-29-41(37(3)4)31-44(30-40)63-52-27-38(5)28-53-55(52)62(57-56(63)46-33-43(59(9,10)11)22-24-54(46)65-57)49-34-47-48(61(14,15)26-25-60(47,12)13)35-51(49)64(53)50-23-21-42(58(6,7)8)32-45(50)39-19-17-16-18-20-39/h16-24,27-37H,25-26H2,1-15H3. The molecular weight excluding hydrogens is 804 g/mol. The van der Waals surface area contributed by atoms with Crippen LogP contribution in [0, 0.1) is 6.92 Å². The minimum atomic E-state index is -0.00552. The summed E-state index contributed by atoms with van der Waals surface area (Å²) in [6, 6.07) is 43.6. The fourth-order valence-corrected chi connectivity index (χ4v) is 12.5. The molecule has 4 heteroatoms. The largest absolute Gasteiger partial charge is 0.311 e. The Kier molecular flexibility index (Phi) is 10.1. The first kappa shape index (κ1) is 43.8. The first-order valence-corrected chi connectivity index (χ1v) is 25.2. The summed E-state index contributed by atoms with van der Waals surface area (Å²) in [5, 5.41) is 1.36. The van der Waals surface area contributed by atoms with Crippen LogP contribution in [0.3, 0.4) is 0 Å². The normalized spacial score (nSPS) is 16.2. The Morgan fingerprint density at radius 1 is 0.585 bits per heavy atom. The molecule has 0 radical (unpaired) electrons. The van der Waals surface area contributed by atoms with Crippen molar-refractivity contribution in [3.63, 3.8) is 0 Å². The van der Waals surface area contributed by atoms with E-state index in [9.17, 15) is 0 Å². The quantitative estimate of drug-likeness (QED) is 0.159. The van der Waals surface area contributed by atoms with Crippen molar-refractivity contribution in [1.82, 2.24) is 0 Å². The van der Waals surface area contributed by atoms with Crippen LogP contribution >= 0.6 is 11.3 Å². The van der Waals surface area contributed by atoms with Gasteiger partial charge in [0, 0.05) is 43.2 Å². The highest BCUT2D eigenvalue weighted by atomic mass is 32.1. The maximum Gasteiger partial charge on any atom is 0.264 e. The summed E-state index contributed by atoms with van der Waals surface area (Å²) in [6.07, 6.45) is 2.35. The first-order valence-electron chi connectivity index (χ1n) is 24.4. The Labute approximate surface area is 395 Å². The van der Waals surface area contributed by atoms with Gasteiger partial charge in [0.1, 0.15) is 0 Å². The van der Waals surface area contributed by atoms with E-state index in [1.54, 1.807) is 0 Å². The van der Waals surface area contributed by atoms with Crippen LogP contribution in [0.5, 0.6) is 0 Å². The Morgan fingerprint density at radius 2 is 1.15 bits per heavy atom. The number of hydrogen-bond acceptors (Lipinski definition) is 3. The van der Waals surface area contributed by atoms with Crippen LogP contribution in [0.25, 0.3) is 21.2 Å². The highest BCUT2D eigenvalue weighted by molar-refractivity contribution is 7.33. The van der Waals surface area contributed by atoms with Gasteiger partial charge >= 0.3 is 0 Å². The molecule has 6 aromatic carbocycles. The summed E-state index contributed by atoms with van der Waals surface area (Å²) in [5.74, 6) is 0.799. The summed E-state index contributed by atoms with van der Waals surface area (Å²) >= 11 is 2.02. The van der Waals surface area contributed by atoms with Gasteiger partial charge in [0.15, 0.2) is 0 Å².